The van der Waals surface area contributed by atoms with Crippen LogP contribution in [0.2, 0.25) is 0 Å². The summed E-state index contributed by atoms with van der Waals surface area (Å²) >= 11 is 0. The highest BCUT2D eigenvalue weighted by atomic mass is 19.1. The van der Waals surface area contributed by atoms with Crippen LogP contribution in [0.15, 0.2) is 12.1 Å². The van der Waals surface area contributed by atoms with Gasteiger partial charge in [-0.15, -0.1) is 0 Å². The quantitative estimate of drug-likeness (QED) is 0.703. The number of aliphatic hydroxyl groups is 1. The maximum atomic E-state index is 13.1. The summed E-state index contributed by atoms with van der Waals surface area (Å²) in [6.45, 7) is 3.18. The zero-order valence-corrected chi connectivity index (χ0v) is 10.4. The lowest BCUT2D eigenvalue weighted by molar-refractivity contribution is 0.251. The van der Waals surface area contributed by atoms with Gasteiger partial charge in [-0.1, -0.05) is 13.3 Å². The molecular weight excluding hydrogens is 240 g/mol. The molecule has 0 bridgehead atoms. The fourth-order valence-electron chi connectivity index (χ4n) is 1.77. The molecule has 5 heteroatoms. The van der Waals surface area contributed by atoms with Crippen LogP contribution in [0.1, 0.15) is 25.3 Å². The number of benzene rings is 1. The zero-order valence-electron chi connectivity index (χ0n) is 10.4. The molecule has 1 atom stereocenters. The van der Waals surface area contributed by atoms with Gasteiger partial charge in [0.05, 0.1) is 0 Å². The Balaban J connectivity index is 2.48. The van der Waals surface area contributed by atoms with Gasteiger partial charge < -0.3 is 15.5 Å². The first-order valence-electron chi connectivity index (χ1n) is 6.07. The first-order chi connectivity index (χ1) is 8.58. The van der Waals surface area contributed by atoms with Gasteiger partial charge >= 0.3 is 0 Å². The molecule has 0 amide bonds. The Bertz CT molecular complexity index is 362. The summed E-state index contributed by atoms with van der Waals surface area (Å²) in [6, 6.07) is 2.22. The van der Waals surface area contributed by atoms with Crippen molar-refractivity contribution in [2.75, 3.05) is 13.2 Å². The molecule has 0 aliphatic rings. The van der Waals surface area contributed by atoms with Gasteiger partial charge in [0.15, 0.2) is 17.4 Å². The van der Waals surface area contributed by atoms with Crippen LogP contribution in [0, 0.1) is 17.6 Å². The highest BCUT2D eigenvalue weighted by Gasteiger charge is 2.10. The van der Waals surface area contributed by atoms with Gasteiger partial charge in [0.1, 0.15) is 0 Å². The fraction of sp³-hybridized carbons (Fsp3) is 0.538. The van der Waals surface area contributed by atoms with Crippen molar-refractivity contribution in [3.8, 4) is 5.75 Å². The number of phenolic OH excluding ortho intramolecular Hbond substituents is 1. The molecule has 0 heterocycles. The van der Waals surface area contributed by atoms with Gasteiger partial charge in [-0.25, -0.2) is 8.78 Å². The van der Waals surface area contributed by atoms with E-state index in [1.54, 1.807) is 0 Å². The number of hydrogen-bond acceptors (Lipinski definition) is 3. The van der Waals surface area contributed by atoms with Crippen molar-refractivity contribution in [2.24, 2.45) is 5.92 Å². The maximum absolute atomic E-state index is 13.1. The molecule has 0 saturated carbocycles. The molecule has 0 aliphatic carbocycles. The molecule has 0 spiro atoms. The average molecular weight is 259 g/mol. The molecule has 3 nitrogen and oxygen atoms in total. The Kier molecular flexibility index (Phi) is 6.01. The van der Waals surface area contributed by atoms with Crippen molar-refractivity contribution < 1.29 is 19.0 Å². The zero-order chi connectivity index (χ0) is 13.5. The molecule has 1 rings (SSSR count). The maximum Gasteiger partial charge on any atom is 0.187 e. The van der Waals surface area contributed by atoms with E-state index in [4.69, 9.17) is 10.2 Å². The van der Waals surface area contributed by atoms with Gasteiger partial charge in [-0.3, -0.25) is 0 Å². The second-order valence-corrected chi connectivity index (χ2v) is 4.33. The third kappa shape index (κ3) is 4.23. The lowest BCUT2D eigenvalue weighted by atomic mass is 10.0. The lowest BCUT2D eigenvalue weighted by Crippen LogP contribution is -2.23. The Morgan fingerprint density at radius 3 is 2.39 bits per heavy atom. The van der Waals surface area contributed by atoms with Crippen molar-refractivity contribution in [1.29, 1.82) is 0 Å². The van der Waals surface area contributed by atoms with Crippen molar-refractivity contribution in [3.63, 3.8) is 0 Å². The largest absolute Gasteiger partial charge is 0.503 e. The first kappa shape index (κ1) is 14.9. The smallest absolute Gasteiger partial charge is 0.187 e. The summed E-state index contributed by atoms with van der Waals surface area (Å²) < 4.78 is 26.1. The minimum absolute atomic E-state index is 0.142. The number of rotatable bonds is 7. The molecule has 1 aromatic rings. The van der Waals surface area contributed by atoms with E-state index in [1.807, 2.05) is 6.92 Å². The predicted molar refractivity (Wildman–Crippen MR) is 65.2 cm³/mol. The van der Waals surface area contributed by atoms with Crippen LogP contribution in [0.3, 0.4) is 0 Å². The fourth-order valence-corrected chi connectivity index (χ4v) is 1.77. The molecule has 0 aromatic heterocycles. The van der Waals surface area contributed by atoms with E-state index in [9.17, 15) is 8.78 Å². The number of nitrogens with one attached hydrogen (secondary N) is 1. The number of aliphatic hydroxyl groups excluding tert-OH is 1. The minimum atomic E-state index is -0.950. The Labute approximate surface area is 105 Å². The van der Waals surface area contributed by atoms with Crippen molar-refractivity contribution >= 4 is 0 Å². The van der Waals surface area contributed by atoms with Crippen LogP contribution in [0.25, 0.3) is 0 Å². The van der Waals surface area contributed by atoms with Gasteiger partial charge in [0.2, 0.25) is 0 Å². The normalized spacial score (nSPS) is 12.7. The van der Waals surface area contributed by atoms with Crippen LogP contribution >= 0.6 is 0 Å². The van der Waals surface area contributed by atoms with Gasteiger partial charge in [-0.05, 0) is 36.6 Å². The van der Waals surface area contributed by atoms with Gasteiger partial charge in [0.25, 0.3) is 0 Å². The van der Waals surface area contributed by atoms with Crippen LogP contribution in [0.5, 0.6) is 5.75 Å². The lowest BCUT2D eigenvalue weighted by Gasteiger charge is -2.14. The third-order valence-corrected chi connectivity index (χ3v) is 2.95. The molecule has 0 fully saturated rings. The summed E-state index contributed by atoms with van der Waals surface area (Å²) in [7, 11) is 0. The average Bonchev–Trinajstić information content (AvgIpc) is 2.34. The number of hydrogen-bond donors (Lipinski definition) is 3. The number of aromatic hydroxyl groups is 1. The van der Waals surface area contributed by atoms with Crippen LogP contribution in [0.4, 0.5) is 8.78 Å². The van der Waals surface area contributed by atoms with Crippen molar-refractivity contribution in [3.05, 3.63) is 29.3 Å². The molecule has 0 saturated heterocycles. The van der Waals surface area contributed by atoms with Crippen LogP contribution < -0.4 is 5.32 Å². The molecule has 0 radical (unpaired) electrons. The Morgan fingerprint density at radius 2 is 1.89 bits per heavy atom. The summed E-state index contributed by atoms with van der Waals surface area (Å²) in [5.74, 6) is -2.49. The summed E-state index contributed by atoms with van der Waals surface area (Å²) in [4.78, 5) is 0. The predicted octanol–water partition coefficient (Wildman–Crippen LogP) is 2.17. The Morgan fingerprint density at radius 1 is 1.28 bits per heavy atom. The van der Waals surface area contributed by atoms with Gasteiger partial charge in [-0.2, -0.15) is 0 Å². The second-order valence-electron chi connectivity index (χ2n) is 4.33. The van der Waals surface area contributed by atoms with E-state index in [-0.39, 0.29) is 6.61 Å². The standard InChI is InChI=1S/C13H19F2NO2/c1-2-9(3-4-17)7-16-8-10-5-11(14)13(18)12(15)6-10/h5-6,9,16-18H,2-4,7-8H2,1H3. The molecule has 0 aliphatic heterocycles. The topological polar surface area (TPSA) is 52.5 Å². The van der Waals surface area contributed by atoms with Crippen LogP contribution in [-0.4, -0.2) is 23.4 Å². The molecule has 102 valence electrons. The van der Waals surface area contributed by atoms with E-state index >= 15 is 0 Å². The molecule has 1 unspecified atom stereocenters. The molecule has 18 heavy (non-hydrogen) atoms. The van der Waals surface area contributed by atoms with Crippen LogP contribution in [-0.2, 0) is 6.54 Å². The van der Waals surface area contributed by atoms with E-state index < -0.39 is 17.4 Å². The number of halogens is 2. The highest BCUT2D eigenvalue weighted by Crippen LogP contribution is 2.21. The Hall–Kier alpha value is -1.20. The molecule has 1 aromatic carbocycles. The summed E-state index contributed by atoms with van der Waals surface area (Å²) in [6.07, 6.45) is 1.65. The van der Waals surface area contributed by atoms with E-state index in [2.05, 4.69) is 5.32 Å². The third-order valence-electron chi connectivity index (χ3n) is 2.95. The minimum Gasteiger partial charge on any atom is -0.503 e. The van der Waals surface area contributed by atoms with E-state index in [1.165, 1.54) is 0 Å². The number of phenols is 1. The summed E-state index contributed by atoms with van der Waals surface area (Å²) in [5.41, 5.74) is 0.446. The second kappa shape index (κ2) is 7.28. The SMILES string of the molecule is CCC(CCO)CNCc1cc(F)c(O)c(F)c1. The molecule has 3 N–H and O–H groups in total. The first-order valence-corrected chi connectivity index (χ1v) is 6.07. The van der Waals surface area contributed by atoms with Crippen molar-refractivity contribution in [2.45, 2.75) is 26.3 Å². The monoisotopic (exact) mass is 259 g/mol. The van der Waals surface area contributed by atoms with E-state index in [0.29, 0.717) is 31.0 Å². The van der Waals surface area contributed by atoms with Gasteiger partial charge in [0, 0.05) is 13.2 Å². The van der Waals surface area contributed by atoms with E-state index in [0.717, 1.165) is 18.6 Å². The molecular formula is C13H19F2NO2. The van der Waals surface area contributed by atoms with Crippen molar-refractivity contribution in [1.82, 2.24) is 5.32 Å². The highest BCUT2D eigenvalue weighted by molar-refractivity contribution is 5.29. The summed E-state index contributed by atoms with van der Waals surface area (Å²) in [5, 5.41) is 20.9.